The first-order valence-corrected chi connectivity index (χ1v) is 5.59. The molecule has 0 spiro atoms. The molecule has 0 saturated carbocycles. The molecule has 2 atom stereocenters. The van der Waals surface area contributed by atoms with E-state index in [-0.39, 0.29) is 5.97 Å². The van der Waals surface area contributed by atoms with E-state index in [1.54, 1.807) is 25.1 Å². The molecule has 0 bridgehead atoms. The second-order valence-electron chi connectivity index (χ2n) is 4.17. The van der Waals surface area contributed by atoms with Crippen LogP contribution < -0.4 is 0 Å². The number of fused-ring (bicyclic) bond motifs is 1. The molecule has 1 heterocycles. The summed E-state index contributed by atoms with van der Waals surface area (Å²) in [5, 5.41) is 0. The number of aryl methyl sites for hydroxylation is 1. The number of hydrogen-bond donors (Lipinski definition) is 0. The molecule has 0 N–H and O–H groups in total. The average molecular weight is 222 g/mol. The number of benzene rings is 1. The van der Waals surface area contributed by atoms with Crippen LogP contribution in [0.1, 0.15) is 47.4 Å². The Bertz CT molecular complexity index is 414. The van der Waals surface area contributed by atoms with Crippen molar-refractivity contribution in [2.24, 2.45) is 0 Å². The molecule has 1 aliphatic rings. The molecule has 1 aliphatic heterocycles. The Morgan fingerprint density at radius 1 is 1.44 bits per heavy atom. The molecule has 1 aromatic rings. The van der Waals surface area contributed by atoms with Crippen LogP contribution in [0.4, 0.5) is 4.39 Å². The van der Waals surface area contributed by atoms with Crippen molar-refractivity contribution < 1.29 is 13.9 Å². The number of esters is 1. The first-order valence-electron chi connectivity index (χ1n) is 5.59. The Morgan fingerprint density at radius 3 is 2.88 bits per heavy atom. The first kappa shape index (κ1) is 11.1. The van der Waals surface area contributed by atoms with E-state index in [4.69, 9.17) is 4.74 Å². The highest BCUT2D eigenvalue weighted by Crippen LogP contribution is 2.35. The maximum Gasteiger partial charge on any atom is 0.339 e. The van der Waals surface area contributed by atoms with E-state index in [0.717, 1.165) is 12.0 Å². The number of carbonyl (C=O) groups is 1. The number of alkyl halides is 1. The van der Waals surface area contributed by atoms with Crippen molar-refractivity contribution in [3.63, 3.8) is 0 Å². The van der Waals surface area contributed by atoms with E-state index < -0.39 is 12.3 Å². The lowest BCUT2D eigenvalue weighted by Crippen LogP contribution is -2.30. The van der Waals surface area contributed by atoms with E-state index >= 15 is 0 Å². The molecule has 16 heavy (non-hydrogen) atoms. The van der Waals surface area contributed by atoms with Gasteiger partial charge in [0.05, 0.1) is 5.56 Å². The zero-order valence-electron chi connectivity index (χ0n) is 9.50. The second-order valence-corrected chi connectivity index (χ2v) is 4.17. The first-order chi connectivity index (χ1) is 7.65. The molecule has 0 unspecified atom stereocenters. The molecular weight excluding hydrogens is 207 g/mol. The summed E-state index contributed by atoms with van der Waals surface area (Å²) in [5.74, 6) is -0.388. The Labute approximate surface area is 94.4 Å². The van der Waals surface area contributed by atoms with Crippen LogP contribution in [0.15, 0.2) is 18.2 Å². The van der Waals surface area contributed by atoms with Gasteiger partial charge in [0, 0.05) is 5.56 Å². The summed E-state index contributed by atoms with van der Waals surface area (Å²) >= 11 is 0. The summed E-state index contributed by atoms with van der Waals surface area (Å²) in [5.41, 5.74) is 1.66. The van der Waals surface area contributed by atoms with E-state index in [0.29, 0.717) is 17.5 Å². The van der Waals surface area contributed by atoms with Gasteiger partial charge in [-0.05, 0) is 18.9 Å². The van der Waals surface area contributed by atoms with Crippen LogP contribution in [0.25, 0.3) is 0 Å². The Hall–Kier alpha value is -1.38. The van der Waals surface area contributed by atoms with Crippen LogP contribution in [0.5, 0.6) is 0 Å². The zero-order valence-corrected chi connectivity index (χ0v) is 9.50. The standard InChI is InChI=1S/C13H15FO2/c1-3-5-10-12(14)9-7-4-6-8(2)11(9)13(15)16-10/h4,6-7,10,12H,3,5H2,1-2H3/t10-,12-/m0/s1. The van der Waals surface area contributed by atoms with Crippen LogP contribution in [0.2, 0.25) is 0 Å². The van der Waals surface area contributed by atoms with Gasteiger partial charge in [0.25, 0.3) is 0 Å². The fourth-order valence-electron chi connectivity index (χ4n) is 2.15. The number of halogens is 1. The quantitative estimate of drug-likeness (QED) is 0.717. The molecule has 0 saturated heterocycles. The predicted molar refractivity (Wildman–Crippen MR) is 59.1 cm³/mol. The van der Waals surface area contributed by atoms with Crippen molar-refractivity contribution in [2.45, 2.75) is 39.0 Å². The third-order valence-corrected chi connectivity index (χ3v) is 2.96. The normalized spacial score (nSPS) is 23.8. The number of rotatable bonds is 2. The largest absolute Gasteiger partial charge is 0.455 e. The highest BCUT2D eigenvalue weighted by molar-refractivity contribution is 5.94. The van der Waals surface area contributed by atoms with Crippen molar-refractivity contribution in [1.82, 2.24) is 0 Å². The van der Waals surface area contributed by atoms with Crippen molar-refractivity contribution in [2.75, 3.05) is 0 Å². The van der Waals surface area contributed by atoms with Crippen molar-refractivity contribution >= 4 is 5.97 Å². The molecule has 3 heteroatoms. The maximum absolute atomic E-state index is 14.1. The molecule has 0 radical (unpaired) electrons. The highest BCUT2D eigenvalue weighted by atomic mass is 19.1. The molecule has 0 aromatic heterocycles. The van der Waals surface area contributed by atoms with Gasteiger partial charge in [0.15, 0.2) is 6.17 Å². The minimum atomic E-state index is -1.19. The summed E-state index contributed by atoms with van der Waals surface area (Å²) in [6.07, 6.45) is -0.431. The lowest BCUT2D eigenvalue weighted by molar-refractivity contribution is -0.00605. The molecule has 2 nitrogen and oxygen atoms in total. The fourth-order valence-corrected chi connectivity index (χ4v) is 2.15. The van der Waals surface area contributed by atoms with Gasteiger partial charge in [-0.2, -0.15) is 0 Å². The predicted octanol–water partition coefficient (Wildman–Crippen LogP) is 3.34. The van der Waals surface area contributed by atoms with Crippen LogP contribution in [-0.4, -0.2) is 12.1 Å². The third kappa shape index (κ3) is 1.70. The lowest BCUT2D eigenvalue weighted by atomic mass is 9.92. The molecular formula is C13H15FO2. The summed E-state index contributed by atoms with van der Waals surface area (Å²) < 4.78 is 19.2. The number of cyclic esters (lactones) is 1. The van der Waals surface area contributed by atoms with Crippen LogP contribution in [0.3, 0.4) is 0 Å². The summed E-state index contributed by atoms with van der Waals surface area (Å²) in [6, 6.07) is 5.26. The minimum Gasteiger partial charge on any atom is -0.455 e. The van der Waals surface area contributed by atoms with E-state index in [2.05, 4.69) is 0 Å². The highest BCUT2D eigenvalue weighted by Gasteiger charge is 2.35. The summed E-state index contributed by atoms with van der Waals surface area (Å²) in [7, 11) is 0. The molecule has 2 rings (SSSR count). The number of hydrogen-bond acceptors (Lipinski definition) is 2. The van der Waals surface area contributed by atoms with Crippen LogP contribution >= 0.6 is 0 Å². The van der Waals surface area contributed by atoms with Gasteiger partial charge in [0.2, 0.25) is 0 Å². The van der Waals surface area contributed by atoms with Gasteiger partial charge in [-0.15, -0.1) is 0 Å². The molecule has 86 valence electrons. The fraction of sp³-hybridized carbons (Fsp3) is 0.462. The van der Waals surface area contributed by atoms with Crippen LogP contribution in [-0.2, 0) is 4.74 Å². The molecule has 1 aromatic carbocycles. The molecule has 0 amide bonds. The third-order valence-electron chi connectivity index (χ3n) is 2.96. The van der Waals surface area contributed by atoms with Gasteiger partial charge in [0.1, 0.15) is 6.10 Å². The van der Waals surface area contributed by atoms with Gasteiger partial charge in [-0.3, -0.25) is 0 Å². The maximum atomic E-state index is 14.1. The van der Waals surface area contributed by atoms with Crippen LogP contribution in [0, 0.1) is 6.92 Å². The lowest BCUT2D eigenvalue weighted by Gasteiger charge is -2.28. The number of carbonyl (C=O) groups excluding carboxylic acids is 1. The zero-order chi connectivity index (χ0) is 11.7. The van der Waals surface area contributed by atoms with Gasteiger partial charge >= 0.3 is 5.97 Å². The monoisotopic (exact) mass is 222 g/mol. The van der Waals surface area contributed by atoms with E-state index in [1.807, 2.05) is 6.92 Å². The Morgan fingerprint density at radius 2 is 2.19 bits per heavy atom. The average Bonchev–Trinajstić information content (AvgIpc) is 2.25. The summed E-state index contributed by atoms with van der Waals surface area (Å²) in [6.45, 7) is 3.75. The summed E-state index contributed by atoms with van der Waals surface area (Å²) in [4.78, 5) is 11.7. The molecule has 0 aliphatic carbocycles. The van der Waals surface area contributed by atoms with Gasteiger partial charge in [-0.25, -0.2) is 9.18 Å². The smallest absolute Gasteiger partial charge is 0.339 e. The van der Waals surface area contributed by atoms with Gasteiger partial charge < -0.3 is 4.74 Å². The van der Waals surface area contributed by atoms with E-state index in [9.17, 15) is 9.18 Å². The molecule has 0 fully saturated rings. The van der Waals surface area contributed by atoms with Crippen molar-refractivity contribution in [3.8, 4) is 0 Å². The second kappa shape index (κ2) is 4.24. The SMILES string of the molecule is CCC[C@@H]1OC(=O)c2c(C)cccc2[C@@H]1F. The van der Waals surface area contributed by atoms with Crippen molar-refractivity contribution in [3.05, 3.63) is 34.9 Å². The Kier molecular flexibility index (Phi) is 2.95. The number of ether oxygens (including phenoxy) is 1. The Balaban J connectivity index is 2.43. The topological polar surface area (TPSA) is 26.3 Å². The van der Waals surface area contributed by atoms with E-state index in [1.165, 1.54) is 0 Å². The van der Waals surface area contributed by atoms with Crippen molar-refractivity contribution in [1.29, 1.82) is 0 Å². The van der Waals surface area contributed by atoms with Gasteiger partial charge in [-0.1, -0.05) is 31.5 Å². The minimum absolute atomic E-state index is 0.388.